The van der Waals surface area contributed by atoms with Crippen molar-refractivity contribution in [3.8, 4) is 0 Å². The Morgan fingerprint density at radius 2 is 2.04 bits per heavy atom. The number of aromatic nitrogens is 3. The molecule has 0 aliphatic rings. The van der Waals surface area contributed by atoms with Gasteiger partial charge in [0.1, 0.15) is 5.82 Å². The van der Waals surface area contributed by atoms with Crippen LogP contribution >= 0.6 is 0 Å². The third kappa shape index (κ3) is 2.81. The largest absolute Gasteiger partial charge is 0.461 e. The summed E-state index contributed by atoms with van der Waals surface area (Å²) in [6, 6.07) is 5.56. The van der Waals surface area contributed by atoms with Gasteiger partial charge in [-0.3, -0.25) is 9.40 Å². The van der Waals surface area contributed by atoms with Gasteiger partial charge in [-0.05, 0) is 25.1 Å². The van der Waals surface area contributed by atoms with Crippen LogP contribution in [0.3, 0.4) is 0 Å². The van der Waals surface area contributed by atoms with Crippen molar-refractivity contribution < 1.29 is 22.3 Å². The minimum atomic E-state index is -4.10. The van der Waals surface area contributed by atoms with Gasteiger partial charge in [-0.25, -0.2) is 9.18 Å². The zero-order chi connectivity index (χ0) is 19.1. The van der Waals surface area contributed by atoms with E-state index in [1.807, 2.05) is 0 Å². The van der Waals surface area contributed by atoms with Crippen LogP contribution in [0.5, 0.6) is 0 Å². The van der Waals surface area contributed by atoms with E-state index in [-0.39, 0.29) is 28.4 Å². The van der Waals surface area contributed by atoms with Crippen LogP contribution in [0.25, 0.3) is 10.9 Å². The van der Waals surface area contributed by atoms with Gasteiger partial charge in [0.2, 0.25) is 0 Å². The maximum absolute atomic E-state index is 14.5. The number of rotatable bonds is 5. The topological polar surface area (TPSA) is 95.2 Å². The van der Waals surface area contributed by atoms with E-state index in [4.69, 9.17) is 4.74 Å². The first kappa shape index (κ1) is 17.9. The summed E-state index contributed by atoms with van der Waals surface area (Å²) in [5.41, 5.74) is 0.105. The van der Waals surface area contributed by atoms with Crippen LogP contribution in [-0.4, -0.2) is 35.3 Å². The summed E-state index contributed by atoms with van der Waals surface area (Å²) in [4.78, 5) is 12.4. The number of nitrogens with one attached hydrogen (secondary N) is 1. The van der Waals surface area contributed by atoms with E-state index in [2.05, 4.69) is 9.82 Å². The molecule has 2 aromatic heterocycles. The molecule has 0 bridgehead atoms. The maximum atomic E-state index is 14.5. The monoisotopic (exact) mass is 380 g/mol. The fraction of sp³-hybridized carbons (Fsp3) is 0.250. The molecule has 8 nitrogen and oxygen atoms in total. The highest BCUT2D eigenvalue weighted by Crippen LogP contribution is 2.34. The maximum Gasteiger partial charge on any atom is 0.357 e. The number of nitrogens with zero attached hydrogens (tertiary/aromatic N) is 3. The number of ether oxygens (including phenoxy) is 1. The van der Waals surface area contributed by atoms with Gasteiger partial charge < -0.3 is 9.30 Å². The molecule has 0 aliphatic heterocycles. The Bertz CT molecular complexity index is 1100. The van der Waals surface area contributed by atoms with Gasteiger partial charge in [-0.15, -0.1) is 0 Å². The van der Waals surface area contributed by atoms with Gasteiger partial charge in [0.15, 0.2) is 10.7 Å². The predicted molar refractivity (Wildman–Crippen MR) is 92.9 cm³/mol. The van der Waals surface area contributed by atoms with E-state index >= 15 is 0 Å². The third-order valence-electron chi connectivity index (χ3n) is 3.93. The molecule has 0 saturated carbocycles. The molecule has 0 radical (unpaired) electrons. The number of hydrogen-bond donors (Lipinski definition) is 1. The SMILES string of the molecule is CCOC(=O)c1c(NS(=O)(=O)c2ccnn2C)c2c(F)cccc2n1C. The predicted octanol–water partition coefficient (Wildman–Crippen LogP) is 2.03. The number of fused-ring (bicyclic) bond motifs is 1. The lowest BCUT2D eigenvalue weighted by Crippen LogP contribution is -2.19. The summed E-state index contributed by atoms with van der Waals surface area (Å²) in [6.45, 7) is 1.72. The zero-order valence-corrected chi connectivity index (χ0v) is 15.2. The highest BCUT2D eigenvalue weighted by Gasteiger charge is 2.29. The van der Waals surface area contributed by atoms with Crippen molar-refractivity contribution in [2.45, 2.75) is 11.9 Å². The summed E-state index contributed by atoms with van der Waals surface area (Å²) in [7, 11) is -1.10. The normalized spacial score (nSPS) is 11.7. The Morgan fingerprint density at radius 1 is 1.31 bits per heavy atom. The fourth-order valence-electron chi connectivity index (χ4n) is 2.80. The van der Waals surface area contributed by atoms with Crippen molar-refractivity contribution in [1.29, 1.82) is 0 Å². The van der Waals surface area contributed by atoms with Crippen LogP contribution in [0.1, 0.15) is 17.4 Å². The number of benzene rings is 1. The Balaban J connectivity index is 2.26. The Hall–Kier alpha value is -2.88. The van der Waals surface area contributed by atoms with Crippen LogP contribution in [0.4, 0.5) is 10.1 Å². The number of esters is 1. The summed E-state index contributed by atoms with van der Waals surface area (Å²) < 4.78 is 49.8. The van der Waals surface area contributed by atoms with Gasteiger partial charge in [-0.2, -0.15) is 13.5 Å². The second-order valence-electron chi connectivity index (χ2n) is 5.54. The second kappa shape index (κ2) is 6.45. The van der Waals surface area contributed by atoms with Crippen LogP contribution in [-0.2, 0) is 28.9 Å². The van der Waals surface area contributed by atoms with E-state index in [0.29, 0.717) is 5.52 Å². The number of hydrogen-bond acceptors (Lipinski definition) is 5. The Labute approximate surface area is 149 Å². The van der Waals surface area contributed by atoms with E-state index in [1.54, 1.807) is 13.0 Å². The molecule has 1 N–H and O–H groups in total. The quantitative estimate of drug-likeness (QED) is 0.684. The van der Waals surface area contributed by atoms with Crippen molar-refractivity contribution in [2.24, 2.45) is 14.1 Å². The molecule has 2 heterocycles. The van der Waals surface area contributed by atoms with Gasteiger partial charge in [0, 0.05) is 14.1 Å². The van der Waals surface area contributed by atoms with Crippen LogP contribution < -0.4 is 4.72 Å². The average Bonchev–Trinajstić information content (AvgIpc) is 3.11. The van der Waals surface area contributed by atoms with Gasteiger partial charge in [-0.1, -0.05) is 6.07 Å². The number of carbonyl (C=O) groups excluding carboxylic acids is 1. The third-order valence-corrected chi connectivity index (χ3v) is 5.36. The van der Waals surface area contributed by atoms with Crippen LogP contribution in [0, 0.1) is 5.82 Å². The first-order valence-electron chi connectivity index (χ1n) is 7.72. The Morgan fingerprint density at radius 3 is 2.65 bits per heavy atom. The molecule has 0 aliphatic carbocycles. The molecule has 138 valence electrons. The lowest BCUT2D eigenvalue weighted by molar-refractivity contribution is 0.0517. The molecule has 0 amide bonds. The van der Waals surface area contributed by atoms with Gasteiger partial charge in [0.25, 0.3) is 10.0 Å². The first-order chi connectivity index (χ1) is 12.3. The smallest absolute Gasteiger partial charge is 0.357 e. The van der Waals surface area contributed by atoms with Crippen LogP contribution in [0.15, 0.2) is 35.5 Å². The summed E-state index contributed by atoms with van der Waals surface area (Å²) in [6.07, 6.45) is 1.32. The van der Waals surface area contributed by atoms with Crippen molar-refractivity contribution >= 4 is 32.6 Å². The van der Waals surface area contributed by atoms with E-state index < -0.39 is 21.8 Å². The minimum Gasteiger partial charge on any atom is -0.461 e. The van der Waals surface area contributed by atoms with Gasteiger partial charge in [0.05, 0.1) is 29.4 Å². The molecule has 0 saturated heterocycles. The molecule has 26 heavy (non-hydrogen) atoms. The molecule has 10 heteroatoms. The molecule has 0 atom stereocenters. The molecule has 3 aromatic rings. The Kier molecular flexibility index (Phi) is 4.45. The lowest BCUT2D eigenvalue weighted by Gasteiger charge is -2.10. The van der Waals surface area contributed by atoms with Crippen molar-refractivity contribution in [1.82, 2.24) is 14.3 Å². The highest BCUT2D eigenvalue weighted by atomic mass is 32.2. The van der Waals surface area contributed by atoms with Crippen LogP contribution in [0.2, 0.25) is 0 Å². The zero-order valence-electron chi connectivity index (χ0n) is 14.4. The highest BCUT2D eigenvalue weighted by molar-refractivity contribution is 7.92. The molecule has 0 spiro atoms. The van der Waals surface area contributed by atoms with E-state index in [0.717, 1.165) is 4.68 Å². The number of aryl methyl sites for hydroxylation is 2. The van der Waals surface area contributed by atoms with Crippen molar-refractivity contribution in [3.05, 3.63) is 42.0 Å². The molecule has 0 fully saturated rings. The van der Waals surface area contributed by atoms with E-state index in [1.165, 1.54) is 43.1 Å². The summed E-state index contributed by atoms with van der Waals surface area (Å²) in [5.74, 6) is -1.41. The molecule has 3 rings (SSSR count). The molecule has 1 aromatic carbocycles. The summed E-state index contributed by atoms with van der Waals surface area (Å²) in [5, 5.41) is 3.69. The van der Waals surface area contributed by atoms with Crippen molar-refractivity contribution in [2.75, 3.05) is 11.3 Å². The van der Waals surface area contributed by atoms with Crippen molar-refractivity contribution in [3.63, 3.8) is 0 Å². The summed E-state index contributed by atoms with van der Waals surface area (Å²) >= 11 is 0. The standard InChI is InChI=1S/C16H17FN4O4S/c1-4-25-16(22)15-14(13-10(17)6-5-7-11(13)20(15)2)19-26(23,24)12-8-9-18-21(12)3/h5-9,19H,4H2,1-3H3. The molecule has 0 unspecified atom stereocenters. The number of carbonyl (C=O) groups is 1. The number of sulfonamides is 1. The first-order valence-corrected chi connectivity index (χ1v) is 9.21. The van der Waals surface area contributed by atoms with E-state index in [9.17, 15) is 17.6 Å². The number of anilines is 1. The fourth-order valence-corrected chi connectivity index (χ4v) is 4.00. The average molecular weight is 380 g/mol. The minimum absolute atomic E-state index is 0.0104. The number of halogens is 1. The van der Waals surface area contributed by atoms with Gasteiger partial charge >= 0.3 is 5.97 Å². The molecular weight excluding hydrogens is 363 g/mol. The lowest BCUT2D eigenvalue weighted by atomic mass is 10.2. The second-order valence-corrected chi connectivity index (χ2v) is 7.16. The molecular formula is C16H17FN4O4S.